The minimum atomic E-state index is -1.23. The number of nitro benzene ring substituents is 1. The molecule has 0 unspecified atom stereocenters. The average Bonchev–Trinajstić information content (AvgIpc) is 2.18. The second-order valence-electron chi connectivity index (χ2n) is 2.65. The van der Waals surface area contributed by atoms with Crippen molar-refractivity contribution in [2.45, 2.75) is 0 Å². The Morgan fingerprint density at radius 1 is 1.47 bits per heavy atom. The predicted molar refractivity (Wildman–Crippen MR) is 57.7 cm³/mol. The molecule has 0 radical (unpaired) electrons. The van der Waals surface area contributed by atoms with Crippen LogP contribution >= 0.6 is 12.6 Å². The van der Waals surface area contributed by atoms with Crippen molar-refractivity contribution in [1.82, 2.24) is 0 Å². The van der Waals surface area contributed by atoms with E-state index in [0.717, 1.165) is 6.08 Å². The van der Waals surface area contributed by atoms with Crippen LogP contribution in [0.1, 0.15) is 5.56 Å². The van der Waals surface area contributed by atoms with Crippen molar-refractivity contribution in [1.29, 1.82) is 0 Å². The molecule has 0 fully saturated rings. The number of nitro groups is 1. The molecule has 1 aromatic carbocycles. The monoisotopic (exact) mass is 225 g/mol. The molecule has 0 spiro atoms. The molecule has 1 aromatic rings. The molecule has 1 N–H and O–H groups in total. The zero-order valence-electron chi connectivity index (χ0n) is 7.45. The molecule has 0 saturated heterocycles. The van der Waals surface area contributed by atoms with Gasteiger partial charge in [-0.3, -0.25) is 10.1 Å². The first-order valence-corrected chi connectivity index (χ1v) is 4.34. The molecule has 0 bridgehead atoms. The van der Waals surface area contributed by atoms with Crippen molar-refractivity contribution in [3.8, 4) is 0 Å². The summed E-state index contributed by atoms with van der Waals surface area (Å²) >= 11 is 3.69. The summed E-state index contributed by atoms with van der Waals surface area (Å²) in [4.78, 5) is 20.2. The summed E-state index contributed by atoms with van der Waals surface area (Å²) < 4.78 is 0. The number of hydrogen-bond acceptors (Lipinski definition) is 4. The fourth-order valence-electron chi connectivity index (χ4n) is 0.985. The normalized spacial score (nSPS) is 11.1. The van der Waals surface area contributed by atoms with E-state index in [9.17, 15) is 14.9 Å². The first-order valence-electron chi connectivity index (χ1n) is 3.89. The van der Waals surface area contributed by atoms with E-state index < -0.39 is 10.9 Å². The van der Waals surface area contributed by atoms with Gasteiger partial charge in [0, 0.05) is 6.07 Å². The Morgan fingerprint density at radius 3 is 2.60 bits per heavy atom. The van der Waals surface area contributed by atoms with Crippen LogP contribution in [0.25, 0.3) is 6.08 Å². The van der Waals surface area contributed by atoms with Crippen LogP contribution in [0.15, 0.2) is 29.2 Å². The molecule has 0 aliphatic rings. The van der Waals surface area contributed by atoms with Gasteiger partial charge >= 0.3 is 5.97 Å². The lowest BCUT2D eigenvalue weighted by Crippen LogP contribution is -1.95. The maximum absolute atomic E-state index is 10.6. The fraction of sp³-hybridized carbons (Fsp3) is 0. The molecular formula is C9H7NO4S. The standard InChI is InChI=1S/C9H7NO4S/c11-9(12)8(15)5-6-3-1-2-4-7(6)10(13)14/h1-5,15H,(H,11,12)/b8-5+. The second kappa shape index (κ2) is 4.61. The lowest BCUT2D eigenvalue weighted by Gasteiger charge is -1.97. The summed E-state index contributed by atoms with van der Waals surface area (Å²) in [5.74, 6) is -1.23. The molecule has 0 aromatic heterocycles. The van der Waals surface area contributed by atoms with Gasteiger partial charge in [-0.15, -0.1) is 12.6 Å². The molecule has 0 saturated carbocycles. The van der Waals surface area contributed by atoms with Crippen molar-refractivity contribution in [2.24, 2.45) is 0 Å². The van der Waals surface area contributed by atoms with Crippen LogP contribution in [0.2, 0.25) is 0 Å². The van der Waals surface area contributed by atoms with Gasteiger partial charge in [-0.25, -0.2) is 4.79 Å². The van der Waals surface area contributed by atoms with E-state index in [1.807, 2.05) is 0 Å². The first kappa shape index (κ1) is 11.3. The largest absolute Gasteiger partial charge is 0.477 e. The molecule has 0 amide bonds. The third-order valence-corrected chi connectivity index (χ3v) is 1.97. The number of benzene rings is 1. The minimum absolute atomic E-state index is 0.148. The fourth-order valence-corrected chi connectivity index (χ4v) is 1.12. The van der Waals surface area contributed by atoms with Crippen LogP contribution in [0.4, 0.5) is 5.69 Å². The minimum Gasteiger partial charge on any atom is -0.477 e. The highest BCUT2D eigenvalue weighted by Gasteiger charge is 2.11. The van der Waals surface area contributed by atoms with E-state index in [1.54, 1.807) is 6.07 Å². The van der Waals surface area contributed by atoms with Crippen LogP contribution in [0, 0.1) is 10.1 Å². The number of carboxylic acid groups (broad SMARTS) is 1. The molecule has 0 aliphatic heterocycles. The maximum atomic E-state index is 10.6. The van der Waals surface area contributed by atoms with Crippen LogP contribution in [-0.2, 0) is 4.79 Å². The average molecular weight is 225 g/mol. The number of hydrogen-bond donors (Lipinski definition) is 2. The molecule has 0 aliphatic carbocycles. The van der Waals surface area contributed by atoms with Gasteiger partial charge in [0.25, 0.3) is 5.69 Å². The van der Waals surface area contributed by atoms with Gasteiger partial charge in [0.15, 0.2) is 0 Å². The van der Waals surface area contributed by atoms with Gasteiger partial charge in [-0.1, -0.05) is 12.1 Å². The Hall–Kier alpha value is -1.82. The Labute approximate surface area is 90.6 Å². The van der Waals surface area contributed by atoms with Crippen molar-refractivity contribution in [2.75, 3.05) is 0 Å². The number of thiol groups is 1. The van der Waals surface area contributed by atoms with E-state index in [-0.39, 0.29) is 16.2 Å². The lowest BCUT2D eigenvalue weighted by molar-refractivity contribution is -0.385. The number of rotatable bonds is 3. The highest BCUT2D eigenvalue weighted by molar-refractivity contribution is 7.85. The highest BCUT2D eigenvalue weighted by atomic mass is 32.1. The van der Waals surface area contributed by atoms with Crippen molar-refractivity contribution in [3.63, 3.8) is 0 Å². The Morgan fingerprint density at radius 2 is 2.07 bits per heavy atom. The second-order valence-corrected chi connectivity index (χ2v) is 3.13. The number of para-hydroxylation sites is 1. The van der Waals surface area contributed by atoms with E-state index >= 15 is 0 Å². The molecule has 0 atom stereocenters. The van der Waals surface area contributed by atoms with Crippen LogP contribution < -0.4 is 0 Å². The smallest absolute Gasteiger partial charge is 0.341 e. The first-order chi connectivity index (χ1) is 7.02. The number of carboxylic acids is 1. The topological polar surface area (TPSA) is 80.4 Å². The van der Waals surface area contributed by atoms with Crippen LogP contribution in [0.3, 0.4) is 0 Å². The van der Waals surface area contributed by atoms with E-state index in [4.69, 9.17) is 5.11 Å². The Bertz CT molecular complexity index is 441. The highest BCUT2D eigenvalue weighted by Crippen LogP contribution is 2.21. The maximum Gasteiger partial charge on any atom is 0.341 e. The Balaban J connectivity index is 3.20. The summed E-state index contributed by atoms with van der Waals surface area (Å²) in [5.41, 5.74) is 0.0696. The van der Waals surface area contributed by atoms with E-state index in [0.29, 0.717) is 0 Å². The predicted octanol–water partition coefficient (Wildman–Crippen LogP) is 1.95. The summed E-state index contributed by atoms with van der Waals surface area (Å²) in [6.07, 6.45) is 1.14. The summed E-state index contributed by atoms with van der Waals surface area (Å²) in [5, 5.41) is 19.1. The summed E-state index contributed by atoms with van der Waals surface area (Å²) in [6, 6.07) is 5.85. The summed E-state index contributed by atoms with van der Waals surface area (Å²) in [7, 11) is 0. The zero-order chi connectivity index (χ0) is 11.4. The number of aliphatic carboxylic acids is 1. The molecule has 15 heavy (non-hydrogen) atoms. The van der Waals surface area contributed by atoms with Crippen LogP contribution in [-0.4, -0.2) is 16.0 Å². The zero-order valence-corrected chi connectivity index (χ0v) is 8.35. The molecule has 78 valence electrons. The van der Waals surface area contributed by atoms with Crippen molar-refractivity contribution >= 4 is 30.4 Å². The van der Waals surface area contributed by atoms with Gasteiger partial charge in [0.2, 0.25) is 0 Å². The van der Waals surface area contributed by atoms with Gasteiger partial charge in [0.05, 0.1) is 15.4 Å². The quantitative estimate of drug-likeness (QED) is 0.356. The van der Waals surface area contributed by atoms with E-state index in [1.165, 1.54) is 18.2 Å². The Kier molecular flexibility index (Phi) is 3.46. The van der Waals surface area contributed by atoms with Crippen molar-refractivity contribution < 1.29 is 14.8 Å². The van der Waals surface area contributed by atoms with Gasteiger partial charge in [0.1, 0.15) is 0 Å². The molecule has 5 nitrogen and oxygen atoms in total. The van der Waals surface area contributed by atoms with Gasteiger partial charge < -0.3 is 5.11 Å². The van der Waals surface area contributed by atoms with Crippen LogP contribution in [0.5, 0.6) is 0 Å². The third-order valence-electron chi connectivity index (χ3n) is 1.64. The molecule has 0 heterocycles. The SMILES string of the molecule is O=C(O)/C(S)=C\c1ccccc1[N+](=O)[O-]. The van der Waals surface area contributed by atoms with Gasteiger partial charge in [-0.05, 0) is 12.1 Å². The summed E-state index contributed by atoms with van der Waals surface area (Å²) in [6.45, 7) is 0. The van der Waals surface area contributed by atoms with Gasteiger partial charge in [-0.2, -0.15) is 0 Å². The number of carbonyl (C=O) groups is 1. The molecule has 6 heteroatoms. The molecular weight excluding hydrogens is 218 g/mol. The lowest BCUT2D eigenvalue weighted by atomic mass is 10.1. The number of nitrogens with zero attached hydrogens (tertiary/aromatic N) is 1. The van der Waals surface area contributed by atoms with Crippen molar-refractivity contribution in [3.05, 3.63) is 44.8 Å². The van der Waals surface area contributed by atoms with E-state index in [2.05, 4.69) is 12.6 Å². The third kappa shape index (κ3) is 2.81. The molecule has 1 rings (SSSR count).